The Bertz CT molecular complexity index is 401. The smallest absolute Gasteiger partial charge is 0.116 e. The maximum absolute atomic E-state index is 9.01. The van der Waals surface area contributed by atoms with Gasteiger partial charge in [0.1, 0.15) is 5.41 Å². The average molecular weight is 230 g/mol. The van der Waals surface area contributed by atoms with Gasteiger partial charge < -0.3 is 10.1 Å². The predicted molar refractivity (Wildman–Crippen MR) is 66.6 cm³/mol. The summed E-state index contributed by atoms with van der Waals surface area (Å²) in [6.45, 7) is 4.87. The molecule has 3 heteroatoms. The van der Waals surface area contributed by atoms with Gasteiger partial charge in [-0.05, 0) is 25.5 Å². The lowest BCUT2D eigenvalue weighted by molar-refractivity contribution is -0.0752. The van der Waals surface area contributed by atoms with Crippen molar-refractivity contribution in [2.24, 2.45) is 5.41 Å². The molecule has 0 bridgehead atoms. The molecule has 0 saturated carbocycles. The molecule has 2 rings (SSSR count). The lowest BCUT2D eigenvalue weighted by atomic mass is 9.88. The van der Waals surface area contributed by atoms with Crippen LogP contribution in [0.15, 0.2) is 24.3 Å². The van der Waals surface area contributed by atoms with Crippen LogP contribution in [0, 0.1) is 23.7 Å². The average Bonchev–Trinajstić information content (AvgIpc) is 2.30. The molecule has 0 aliphatic carbocycles. The molecule has 0 radical (unpaired) electrons. The van der Waals surface area contributed by atoms with E-state index in [1.807, 2.05) is 0 Å². The van der Waals surface area contributed by atoms with Gasteiger partial charge in [-0.1, -0.05) is 29.8 Å². The van der Waals surface area contributed by atoms with E-state index in [2.05, 4.69) is 42.6 Å². The Morgan fingerprint density at radius 1 is 1.35 bits per heavy atom. The maximum Gasteiger partial charge on any atom is 0.116 e. The van der Waals surface area contributed by atoms with E-state index >= 15 is 0 Å². The van der Waals surface area contributed by atoms with Gasteiger partial charge in [0.15, 0.2) is 0 Å². The Hall–Kier alpha value is -1.37. The van der Waals surface area contributed by atoms with E-state index in [9.17, 15) is 0 Å². The zero-order valence-electron chi connectivity index (χ0n) is 10.2. The number of hydrogen-bond acceptors (Lipinski definition) is 3. The Morgan fingerprint density at radius 3 is 2.59 bits per heavy atom. The molecule has 1 aromatic carbocycles. The summed E-state index contributed by atoms with van der Waals surface area (Å²) in [5, 5.41) is 12.4. The zero-order chi connectivity index (χ0) is 12.1. The summed E-state index contributed by atoms with van der Waals surface area (Å²) in [4.78, 5) is 0. The van der Waals surface area contributed by atoms with Gasteiger partial charge in [0.2, 0.25) is 0 Å². The normalized spacial score (nSPS) is 17.2. The van der Waals surface area contributed by atoms with Crippen LogP contribution in [0.2, 0.25) is 0 Å². The summed E-state index contributed by atoms with van der Waals surface area (Å²) in [5.41, 5.74) is 2.35. The van der Waals surface area contributed by atoms with Crippen LogP contribution in [-0.4, -0.2) is 26.3 Å². The monoisotopic (exact) mass is 230 g/mol. The van der Waals surface area contributed by atoms with Crippen LogP contribution in [0.3, 0.4) is 0 Å². The van der Waals surface area contributed by atoms with Crippen LogP contribution in [0.1, 0.15) is 11.1 Å². The number of nitrogens with zero attached hydrogens (tertiary/aromatic N) is 1. The Labute approximate surface area is 102 Å². The first-order chi connectivity index (χ1) is 8.24. The summed E-state index contributed by atoms with van der Waals surface area (Å²) in [6.07, 6.45) is 1.00. The molecule has 1 N–H and O–H groups in total. The zero-order valence-corrected chi connectivity index (χ0v) is 10.2. The third kappa shape index (κ3) is 3.06. The van der Waals surface area contributed by atoms with Crippen LogP contribution < -0.4 is 5.32 Å². The van der Waals surface area contributed by atoms with E-state index in [4.69, 9.17) is 10.00 Å². The number of hydrogen-bond donors (Lipinski definition) is 1. The summed E-state index contributed by atoms with van der Waals surface area (Å²) in [5.74, 6) is 0. The van der Waals surface area contributed by atoms with Gasteiger partial charge >= 0.3 is 0 Å². The predicted octanol–water partition coefficient (Wildman–Crippen LogP) is 1.67. The van der Waals surface area contributed by atoms with Gasteiger partial charge in [-0.2, -0.15) is 5.26 Å². The highest BCUT2D eigenvalue weighted by atomic mass is 16.5. The molecule has 0 unspecified atom stereocenters. The molecular formula is C14H18N2O. The fourth-order valence-electron chi connectivity index (χ4n) is 1.87. The van der Waals surface area contributed by atoms with Crippen molar-refractivity contribution in [3.05, 3.63) is 35.4 Å². The molecule has 3 nitrogen and oxygen atoms in total. The van der Waals surface area contributed by atoms with Crippen molar-refractivity contribution >= 4 is 0 Å². The molecule has 1 aromatic rings. The fourth-order valence-corrected chi connectivity index (χ4v) is 1.87. The van der Waals surface area contributed by atoms with E-state index < -0.39 is 0 Å². The summed E-state index contributed by atoms with van der Waals surface area (Å²) in [6, 6.07) is 10.9. The van der Waals surface area contributed by atoms with E-state index in [0.29, 0.717) is 13.2 Å². The van der Waals surface area contributed by atoms with E-state index in [1.54, 1.807) is 0 Å². The molecule has 0 atom stereocenters. The topological polar surface area (TPSA) is 45.0 Å². The van der Waals surface area contributed by atoms with Crippen molar-refractivity contribution in [1.29, 1.82) is 5.26 Å². The second kappa shape index (κ2) is 5.31. The van der Waals surface area contributed by atoms with Crippen molar-refractivity contribution in [3.63, 3.8) is 0 Å². The molecule has 0 amide bonds. The first-order valence-corrected chi connectivity index (χ1v) is 5.99. The highest BCUT2D eigenvalue weighted by Crippen LogP contribution is 2.24. The van der Waals surface area contributed by atoms with Gasteiger partial charge in [-0.3, -0.25) is 0 Å². The first-order valence-electron chi connectivity index (χ1n) is 5.99. The number of ether oxygens (including phenoxy) is 1. The second-order valence-electron chi connectivity index (χ2n) is 4.80. The summed E-state index contributed by atoms with van der Waals surface area (Å²) in [7, 11) is 0. The lowest BCUT2D eigenvalue weighted by Crippen LogP contribution is -2.48. The third-order valence-corrected chi connectivity index (χ3v) is 3.17. The van der Waals surface area contributed by atoms with Gasteiger partial charge in [0, 0.05) is 6.54 Å². The van der Waals surface area contributed by atoms with Crippen molar-refractivity contribution in [1.82, 2.24) is 5.32 Å². The standard InChI is InChI=1S/C14H18N2O/c1-12-2-4-13(5-3-12)6-7-16-9-14(8-15)10-17-11-14/h2-5,16H,6-7,9-11H2,1H3. The molecule has 1 fully saturated rings. The maximum atomic E-state index is 9.01. The van der Waals surface area contributed by atoms with Crippen molar-refractivity contribution in [2.75, 3.05) is 26.3 Å². The third-order valence-electron chi connectivity index (χ3n) is 3.17. The number of nitrogens with one attached hydrogen (secondary N) is 1. The van der Waals surface area contributed by atoms with Crippen molar-refractivity contribution < 1.29 is 4.74 Å². The van der Waals surface area contributed by atoms with Crippen molar-refractivity contribution in [2.45, 2.75) is 13.3 Å². The van der Waals surface area contributed by atoms with Crippen molar-refractivity contribution in [3.8, 4) is 6.07 Å². The first kappa shape index (κ1) is 12.1. The van der Waals surface area contributed by atoms with E-state index in [-0.39, 0.29) is 5.41 Å². The highest BCUT2D eigenvalue weighted by molar-refractivity contribution is 5.21. The quantitative estimate of drug-likeness (QED) is 0.783. The largest absolute Gasteiger partial charge is 0.378 e. The molecule has 1 aliphatic rings. The minimum absolute atomic E-state index is 0.271. The number of rotatable bonds is 5. The number of benzene rings is 1. The van der Waals surface area contributed by atoms with Crippen LogP contribution in [0.25, 0.3) is 0 Å². The van der Waals surface area contributed by atoms with Gasteiger partial charge in [0.25, 0.3) is 0 Å². The molecule has 0 spiro atoms. The second-order valence-corrected chi connectivity index (χ2v) is 4.80. The molecular weight excluding hydrogens is 212 g/mol. The molecule has 1 heterocycles. The molecule has 0 aromatic heterocycles. The SMILES string of the molecule is Cc1ccc(CCNCC2(C#N)COC2)cc1. The van der Waals surface area contributed by atoms with Gasteiger partial charge in [0.05, 0.1) is 19.3 Å². The summed E-state index contributed by atoms with van der Waals surface area (Å²) >= 11 is 0. The number of aryl methyl sites for hydroxylation is 1. The van der Waals surface area contributed by atoms with Crippen LogP contribution in [-0.2, 0) is 11.2 Å². The molecule has 17 heavy (non-hydrogen) atoms. The van der Waals surface area contributed by atoms with E-state index in [0.717, 1.165) is 19.5 Å². The lowest BCUT2D eigenvalue weighted by Gasteiger charge is -2.35. The van der Waals surface area contributed by atoms with E-state index in [1.165, 1.54) is 11.1 Å². The van der Waals surface area contributed by atoms with Crippen LogP contribution >= 0.6 is 0 Å². The highest BCUT2D eigenvalue weighted by Gasteiger charge is 2.38. The minimum atomic E-state index is -0.271. The Morgan fingerprint density at radius 2 is 2.06 bits per heavy atom. The number of nitriles is 1. The van der Waals surface area contributed by atoms with Crippen LogP contribution in [0.4, 0.5) is 0 Å². The Balaban J connectivity index is 1.70. The van der Waals surface area contributed by atoms with Gasteiger partial charge in [-0.25, -0.2) is 0 Å². The Kier molecular flexibility index (Phi) is 3.78. The minimum Gasteiger partial charge on any atom is -0.378 e. The van der Waals surface area contributed by atoms with Gasteiger partial charge in [-0.15, -0.1) is 0 Å². The van der Waals surface area contributed by atoms with Crippen LogP contribution in [0.5, 0.6) is 0 Å². The molecule has 1 aliphatic heterocycles. The molecule has 1 saturated heterocycles. The fraction of sp³-hybridized carbons (Fsp3) is 0.500. The molecule has 90 valence electrons. The summed E-state index contributed by atoms with van der Waals surface area (Å²) < 4.78 is 5.10.